The highest BCUT2D eigenvalue weighted by molar-refractivity contribution is 5.69. The summed E-state index contributed by atoms with van der Waals surface area (Å²) >= 11 is 0. The number of hydrogen-bond acceptors (Lipinski definition) is 3. The largest absolute Gasteiger partial charge is 0.380 e. The van der Waals surface area contributed by atoms with E-state index in [1.54, 1.807) is 0 Å². The Morgan fingerprint density at radius 2 is 2.00 bits per heavy atom. The molecule has 100 valence electrons. The van der Waals surface area contributed by atoms with Crippen molar-refractivity contribution in [3.63, 3.8) is 0 Å². The van der Waals surface area contributed by atoms with Gasteiger partial charge in [0.25, 0.3) is 0 Å². The number of anilines is 2. The summed E-state index contributed by atoms with van der Waals surface area (Å²) in [5, 5.41) is 7.22. The third-order valence-electron chi connectivity index (χ3n) is 3.85. The highest BCUT2D eigenvalue weighted by Crippen LogP contribution is 2.31. The van der Waals surface area contributed by atoms with Crippen LogP contribution in [0.3, 0.4) is 0 Å². The molecule has 1 heterocycles. The van der Waals surface area contributed by atoms with Crippen molar-refractivity contribution < 1.29 is 0 Å². The van der Waals surface area contributed by atoms with Crippen LogP contribution in [-0.4, -0.2) is 33.2 Å². The van der Waals surface area contributed by atoms with Gasteiger partial charge in [0.1, 0.15) is 0 Å². The summed E-state index contributed by atoms with van der Waals surface area (Å²) in [4.78, 5) is 2.16. The van der Waals surface area contributed by atoms with Gasteiger partial charge in [0, 0.05) is 26.7 Å². The van der Waals surface area contributed by atoms with Crippen LogP contribution in [0.2, 0.25) is 0 Å². The van der Waals surface area contributed by atoms with Gasteiger partial charge in [-0.2, -0.15) is 0 Å². The highest BCUT2D eigenvalue weighted by Gasteiger charge is 2.32. The Bertz CT molecular complexity index is 398. The number of benzene rings is 1. The zero-order valence-corrected chi connectivity index (χ0v) is 12.0. The van der Waals surface area contributed by atoms with E-state index < -0.39 is 0 Å². The molecule has 3 nitrogen and oxygen atoms in total. The molecule has 1 fully saturated rings. The van der Waals surface area contributed by atoms with E-state index in [4.69, 9.17) is 0 Å². The van der Waals surface area contributed by atoms with Crippen molar-refractivity contribution in [3.8, 4) is 0 Å². The molecule has 0 amide bonds. The Balaban J connectivity index is 2.18. The Morgan fingerprint density at radius 1 is 1.28 bits per heavy atom. The molecule has 1 atom stereocenters. The van der Waals surface area contributed by atoms with Gasteiger partial charge in [0.15, 0.2) is 0 Å². The molecule has 1 aliphatic rings. The van der Waals surface area contributed by atoms with E-state index in [9.17, 15) is 0 Å². The first-order valence-corrected chi connectivity index (χ1v) is 6.74. The fourth-order valence-corrected chi connectivity index (χ4v) is 2.61. The van der Waals surface area contributed by atoms with Crippen molar-refractivity contribution in [1.29, 1.82) is 0 Å². The molecule has 1 aliphatic heterocycles. The number of nitrogens with zero attached hydrogens (tertiary/aromatic N) is 1. The fraction of sp³-hybridized carbons (Fsp3) is 0.600. The first-order valence-electron chi connectivity index (χ1n) is 6.74. The van der Waals surface area contributed by atoms with Crippen LogP contribution in [0.1, 0.15) is 20.3 Å². The van der Waals surface area contributed by atoms with Crippen LogP contribution >= 0.6 is 0 Å². The monoisotopic (exact) mass is 247 g/mol. The molecule has 2 N–H and O–H groups in total. The Morgan fingerprint density at radius 3 is 2.67 bits per heavy atom. The standard InChI is InChI=1S/C15H25N3/c1-15(2)11-16-10-9-14(15)17-12-7-5-6-8-13(12)18(3)4/h5-8,14,16-17H,9-11H2,1-4H3. The molecule has 1 aromatic carbocycles. The van der Waals surface area contributed by atoms with E-state index in [0.717, 1.165) is 13.1 Å². The van der Waals surface area contributed by atoms with Crippen LogP contribution in [0.4, 0.5) is 11.4 Å². The van der Waals surface area contributed by atoms with E-state index >= 15 is 0 Å². The molecule has 18 heavy (non-hydrogen) atoms. The minimum atomic E-state index is 0.289. The number of nitrogens with one attached hydrogen (secondary N) is 2. The second-order valence-electron chi connectivity index (χ2n) is 6.06. The third-order valence-corrected chi connectivity index (χ3v) is 3.85. The molecule has 1 saturated heterocycles. The fourth-order valence-electron chi connectivity index (χ4n) is 2.61. The molecule has 0 bridgehead atoms. The lowest BCUT2D eigenvalue weighted by Gasteiger charge is -2.40. The number of para-hydroxylation sites is 2. The molecule has 0 aliphatic carbocycles. The molecule has 0 spiro atoms. The summed E-state index contributed by atoms with van der Waals surface area (Å²) in [6.07, 6.45) is 1.18. The Labute approximate surface area is 111 Å². The molecular formula is C15H25N3. The lowest BCUT2D eigenvalue weighted by Crippen LogP contribution is -2.49. The average Bonchev–Trinajstić information content (AvgIpc) is 2.32. The summed E-state index contributed by atoms with van der Waals surface area (Å²) in [7, 11) is 4.18. The summed E-state index contributed by atoms with van der Waals surface area (Å²) < 4.78 is 0. The average molecular weight is 247 g/mol. The predicted octanol–water partition coefficient (Wildman–Crippen LogP) is 2.55. The van der Waals surface area contributed by atoms with Crippen LogP contribution in [0.25, 0.3) is 0 Å². The van der Waals surface area contributed by atoms with Gasteiger partial charge < -0.3 is 15.5 Å². The summed E-state index contributed by atoms with van der Waals surface area (Å²) in [5.74, 6) is 0. The maximum Gasteiger partial charge on any atom is 0.0596 e. The number of rotatable bonds is 3. The Hall–Kier alpha value is -1.22. The van der Waals surface area contributed by atoms with Crippen molar-refractivity contribution in [2.45, 2.75) is 26.3 Å². The van der Waals surface area contributed by atoms with E-state index in [0.29, 0.717) is 6.04 Å². The molecule has 3 heteroatoms. The third kappa shape index (κ3) is 2.78. The van der Waals surface area contributed by atoms with Gasteiger partial charge in [-0.05, 0) is 30.5 Å². The van der Waals surface area contributed by atoms with E-state index in [1.807, 2.05) is 0 Å². The number of piperidine rings is 1. The quantitative estimate of drug-likeness (QED) is 0.859. The van der Waals surface area contributed by atoms with Gasteiger partial charge in [-0.15, -0.1) is 0 Å². The zero-order chi connectivity index (χ0) is 13.2. The van der Waals surface area contributed by atoms with Crippen LogP contribution in [0.5, 0.6) is 0 Å². The topological polar surface area (TPSA) is 27.3 Å². The summed E-state index contributed by atoms with van der Waals surface area (Å²) in [5.41, 5.74) is 2.78. The molecule has 0 aromatic heterocycles. The van der Waals surface area contributed by atoms with E-state index in [1.165, 1.54) is 17.8 Å². The minimum absolute atomic E-state index is 0.289. The molecule has 2 rings (SSSR count). The van der Waals surface area contributed by atoms with Gasteiger partial charge in [0.05, 0.1) is 11.4 Å². The van der Waals surface area contributed by atoms with Crippen molar-refractivity contribution in [3.05, 3.63) is 24.3 Å². The van der Waals surface area contributed by atoms with Gasteiger partial charge in [-0.1, -0.05) is 26.0 Å². The zero-order valence-electron chi connectivity index (χ0n) is 12.0. The summed E-state index contributed by atoms with van der Waals surface area (Å²) in [6.45, 7) is 6.84. The molecule has 0 saturated carbocycles. The van der Waals surface area contributed by atoms with E-state index in [2.05, 4.69) is 67.7 Å². The first kappa shape index (κ1) is 13.2. The lowest BCUT2D eigenvalue weighted by molar-refractivity contribution is 0.236. The maximum atomic E-state index is 3.74. The maximum absolute atomic E-state index is 3.74. The van der Waals surface area contributed by atoms with Gasteiger partial charge >= 0.3 is 0 Å². The normalized spacial score (nSPS) is 22.6. The predicted molar refractivity (Wildman–Crippen MR) is 79.4 cm³/mol. The molecule has 1 unspecified atom stereocenters. The lowest BCUT2D eigenvalue weighted by atomic mass is 9.80. The van der Waals surface area contributed by atoms with Crippen LogP contribution in [0.15, 0.2) is 24.3 Å². The minimum Gasteiger partial charge on any atom is -0.380 e. The van der Waals surface area contributed by atoms with Gasteiger partial charge in [-0.3, -0.25) is 0 Å². The SMILES string of the molecule is CN(C)c1ccccc1NC1CCNCC1(C)C. The van der Waals surface area contributed by atoms with E-state index in [-0.39, 0.29) is 5.41 Å². The Kier molecular flexibility index (Phi) is 3.81. The highest BCUT2D eigenvalue weighted by atomic mass is 15.1. The number of hydrogen-bond donors (Lipinski definition) is 2. The van der Waals surface area contributed by atoms with Gasteiger partial charge in [-0.25, -0.2) is 0 Å². The molecule has 1 aromatic rings. The first-order chi connectivity index (χ1) is 8.50. The molecule has 0 radical (unpaired) electrons. The van der Waals surface area contributed by atoms with Crippen LogP contribution < -0.4 is 15.5 Å². The van der Waals surface area contributed by atoms with Gasteiger partial charge in [0.2, 0.25) is 0 Å². The van der Waals surface area contributed by atoms with Crippen LogP contribution in [-0.2, 0) is 0 Å². The van der Waals surface area contributed by atoms with Crippen molar-refractivity contribution in [1.82, 2.24) is 5.32 Å². The van der Waals surface area contributed by atoms with Crippen molar-refractivity contribution in [2.24, 2.45) is 5.41 Å². The van der Waals surface area contributed by atoms with Crippen molar-refractivity contribution in [2.75, 3.05) is 37.4 Å². The second kappa shape index (κ2) is 5.19. The summed E-state index contributed by atoms with van der Waals surface area (Å²) in [6, 6.07) is 9.06. The van der Waals surface area contributed by atoms with Crippen LogP contribution in [0, 0.1) is 5.41 Å². The smallest absolute Gasteiger partial charge is 0.0596 e. The second-order valence-corrected chi connectivity index (χ2v) is 6.06. The van der Waals surface area contributed by atoms with Crippen molar-refractivity contribution >= 4 is 11.4 Å². The molecular weight excluding hydrogens is 222 g/mol.